The molecule has 2 aromatic carbocycles. The van der Waals surface area contributed by atoms with Gasteiger partial charge in [0.15, 0.2) is 0 Å². The number of carbonyl (C=O) groups is 1. The van der Waals surface area contributed by atoms with E-state index in [1.54, 1.807) is 42.7 Å². The summed E-state index contributed by atoms with van der Waals surface area (Å²) in [6.07, 6.45) is -1.39. The van der Waals surface area contributed by atoms with Crippen molar-refractivity contribution in [3.05, 3.63) is 95.8 Å². The molecule has 1 amide bonds. The topological polar surface area (TPSA) is 79.4 Å². The second kappa shape index (κ2) is 9.55. The van der Waals surface area contributed by atoms with Gasteiger partial charge in [0.1, 0.15) is 0 Å². The van der Waals surface area contributed by atoms with Crippen LogP contribution in [0.15, 0.2) is 84.0 Å². The number of rotatable bonds is 6. The van der Waals surface area contributed by atoms with Crippen LogP contribution in [0.4, 0.5) is 13.2 Å². The summed E-state index contributed by atoms with van der Waals surface area (Å²) in [5, 5.41) is 2.79. The minimum atomic E-state index is -4.55. The van der Waals surface area contributed by atoms with Crippen LogP contribution in [0.2, 0.25) is 0 Å². The van der Waals surface area contributed by atoms with E-state index in [4.69, 9.17) is 0 Å². The van der Waals surface area contributed by atoms with E-state index >= 15 is 0 Å². The summed E-state index contributed by atoms with van der Waals surface area (Å²) in [6, 6.07) is 15.9. The van der Waals surface area contributed by atoms with Crippen LogP contribution in [0, 0.1) is 5.92 Å². The first-order chi connectivity index (χ1) is 16.2. The fraction of sp³-hybridized carbons (Fsp3) is 0.250. The second-order valence-corrected chi connectivity index (χ2v) is 9.98. The van der Waals surface area contributed by atoms with Crippen molar-refractivity contribution >= 4 is 15.9 Å². The van der Waals surface area contributed by atoms with E-state index in [0.29, 0.717) is 0 Å². The van der Waals surface area contributed by atoms with Crippen LogP contribution in [-0.2, 0) is 27.5 Å². The van der Waals surface area contributed by atoms with Gasteiger partial charge in [-0.1, -0.05) is 36.4 Å². The van der Waals surface area contributed by atoms with E-state index < -0.39 is 39.5 Å². The van der Waals surface area contributed by atoms with E-state index in [1.807, 2.05) is 0 Å². The highest BCUT2D eigenvalue weighted by atomic mass is 32.2. The first-order valence-corrected chi connectivity index (χ1v) is 12.0. The molecular formula is C24H22F3N3O3S. The van der Waals surface area contributed by atoms with Gasteiger partial charge in [-0.05, 0) is 41.5 Å². The van der Waals surface area contributed by atoms with Gasteiger partial charge in [0.2, 0.25) is 15.9 Å². The molecular weight excluding hydrogens is 467 g/mol. The molecule has 0 bridgehead atoms. The van der Waals surface area contributed by atoms with Crippen molar-refractivity contribution in [1.82, 2.24) is 14.6 Å². The van der Waals surface area contributed by atoms with E-state index in [9.17, 15) is 26.4 Å². The fourth-order valence-electron chi connectivity index (χ4n) is 4.08. The van der Waals surface area contributed by atoms with Crippen LogP contribution in [0.1, 0.15) is 22.6 Å². The highest BCUT2D eigenvalue weighted by Crippen LogP contribution is 2.38. The van der Waals surface area contributed by atoms with Crippen molar-refractivity contribution in [2.45, 2.75) is 23.5 Å². The molecule has 0 saturated carbocycles. The van der Waals surface area contributed by atoms with Gasteiger partial charge in [-0.2, -0.15) is 17.5 Å². The van der Waals surface area contributed by atoms with Gasteiger partial charge in [-0.15, -0.1) is 0 Å². The number of amides is 1. The number of carbonyl (C=O) groups excluding carboxylic acids is 1. The monoisotopic (exact) mass is 489 g/mol. The van der Waals surface area contributed by atoms with Crippen LogP contribution in [0.25, 0.3) is 0 Å². The third kappa shape index (κ3) is 5.13. The summed E-state index contributed by atoms with van der Waals surface area (Å²) in [4.78, 5) is 17.1. The number of alkyl halides is 3. The first kappa shape index (κ1) is 23.9. The summed E-state index contributed by atoms with van der Waals surface area (Å²) in [5.74, 6) is -2.02. The van der Waals surface area contributed by atoms with E-state index in [0.717, 1.165) is 17.7 Å². The Bertz CT molecular complexity index is 1250. The predicted molar refractivity (Wildman–Crippen MR) is 119 cm³/mol. The van der Waals surface area contributed by atoms with Crippen molar-refractivity contribution in [2.75, 3.05) is 13.1 Å². The molecule has 1 N–H and O–H groups in total. The van der Waals surface area contributed by atoms with Crippen molar-refractivity contribution < 1.29 is 26.4 Å². The Labute approximate surface area is 195 Å². The highest BCUT2D eigenvalue weighted by molar-refractivity contribution is 7.89. The molecule has 178 valence electrons. The van der Waals surface area contributed by atoms with Gasteiger partial charge in [0.05, 0.1) is 16.4 Å². The van der Waals surface area contributed by atoms with Crippen molar-refractivity contribution in [1.29, 1.82) is 0 Å². The van der Waals surface area contributed by atoms with Gasteiger partial charge in [-0.3, -0.25) is 9.78 Å². The molecule has 4 rings (SSSR count). The molecule has 2 atom stereocenters. The predicted octanol–water partition coefficient (Wildman–Crippen LogP) is 3.82. The number of aromatic nitrogens is 1. The second-order valence-electron chi connectivity index (χ2n) is 8.04. The smallest absolute Gasteiger partial charge is 0.352 e. The standard InChI is InChI=1S/C24H22F3N3O3S/c25-24(26,27)19-6-4-5-18(13-19)21-15-30(34(32,33)20-7-2-1-3-8-20)16-22(21)23(31)29-14-17-9-11-28-12-10-17/h1-13,21-22H,14-16H2,(H,29,31). The normalized spacial score (nSPS) is 19.1. The Morgan fingerprint density at radius 1 is 1.00 bits per heavy atom. The minimum absolute atomic E-state index is 0.0654. The van der Waals surface area contributed by atoms with Gasteiger partial charge in [0, 0.05) is 37.9 Å². The molecule has 3 aromatic rings. The van der Waals surface area contributed by atoms with Crippen molar-refractivity contribution in [3.63, 3.8) is 0 Å². The number of pyridine rings is 1. The van der Waals surface area contributed by atoms with Crippen molar-refractivity contribution in [3.8, 4) is 0 Å². The van der Waals surface area contributed by atoms with Crippen molar-refractivity contribution in [2.24, 2.45) is 5.92 Å². The van der Waals surface area contributed by atoms with E-state index in [1.165, 1.54) is 28.6 Å². The molecule has 1 aliphatic heterocycles. The van der Waals surface area contributed by atoms with Crippen LogP contribution in [0.3, 0.4) is 0 Å². The SMILES string of the molecule is O=C(NCc1ccncc1)C1CN(S(=O)(=O)c2ccccc2)CC1c1cccc(C(F)(F)F)c1. The average Bonchev–Trinajstić information content (AvgIpc) is 3.30. The first-order valence-electron chi connectivity index (χ1n) is 10.6. The van der Waals surface area contributed by atoms with Crippen LogP contribution >= 0.6 is 0 Å². The maximum Gasteiger partial charge on any atom is 0.416 e. The number of nitrogens with one attached hydrogen (secondary N) is 1. The summed E-state index contributed by atoms with van der Waals surface area (Å²) >= 11 is 0. The van der Waals surface area contributed by atoms with E-state index in [-0.39, 0.29) is 30.1 Å². The Hall–Kier alpha value is -3.24. The lowest BCUT2D eigenvalue weighted by Gasteiger charge is -2.19. The third-order valence-electron chi connectivity index (χ3n) is 5.86. The molecule has 2 unspecified atom stereocenters. The Morgan fingerprint density at radius 3 is 2.38 bits per heavy atom. The quantitative estimate of drug-likeness (QED) is 0.571. The maximum atomic E-state index is 13.3. The zero-order valence-electron chi connectivity index (χ0n) is 17.9. The zero-order valence-corrected chi connectivity index (χ0v) is 18.8. The number of hydrogen-bond acceptors (Lipinski definition) is 4. The minimum Gasteiger partial charge on any atom is -0.352 e. The lowest BCUT2D eigenvalue weighted by molar-refractivity contribution is -0.137. The van der Waals surface area contributed by atoms with Gasteiger partial charge >= 0.3 is 6.18 Å². The summed E-state index contributed by atoms with van der Waals surface area (Å²) < 4.78 is 67.5. The van der Waals surface area contributed by atoms with Crippen LogP contribution in [0.5, 0.6) is 0 Å². The number of nitrogens with zero attached hydrogens (tertiary/aromatic N) is 2. The molecule has 1 saturated heterocycles. The Kier molecular flexibility index (Phi) is 6.72. The molecule has 1 fully saturated rings. The number of hydrogen-bond donors (Lipinski definition) is 1. The Balaban J connectivity index is 1.64. The maximum absolute atomic E-state index is 13.3. The molecule has 1 aliphatic rings. The molecule has 0 spiro atoms. The highest BCUT2D eigenvalue weighted by Gasteiger charge is 2.44. The summed E-state index contributed by atoms with van der Waals surface area (Å²) in [5.41, 5.74) is 0.223. The number of benzene rings is 2. The van der Waals surface area contributed by atoms with Gasteiger partial charge in [-0.25, -0.2) is 8.42 Å². The number of halogens is 3. The molecule has 1 aromatic heterocycles. The van der Waals surface area contributed by atoms with Crippen LogP contribution < -0.4 is 5.32 Å². The Morgan fingerprint density at radius 2 is 1.71 bits per heavy atom. The zero-order chi connectivity index (χ0) is 24.3. The van der Waals surface area contributed by atoms with Crippen LogP contribution in [-0.4, -0.2) is 36.7 Å². The van der Waals surface area contributed by atoms with Gasteiger partial charge < -0.3 is 5.32 Å². The average molecular weight is 490 g/mol. The van der Waals surface area contributed by atoms with Gasteiger partial charge in [0.25, 0.3) is 0 Å². The van der Waals surface area contributed by atoms with E-state index in [2.05, 4.69) is 10.3 Å². The lowest BCUT2D eigenvalue weighted by atomic mass is 9.87. The fourth-order valence-corrected chi connectivity index (χ4v) is 5.59. The third-order valence-corrected chi connectivity index (χ3v) is 7.71. The largest absolute Gasteiger partial charge is 0.416 e. The molecule has 10 heteroatoms. The molecule has 6 nitrogen and oxygen atoms in total. The molecule has 0 radical (unpaired) electrons. The lowest BCUT2D eigenvalue weighted by Crippen LogP contribution is -2.35. The summed E-state index contributed by atoms with van der Waals surface area (Å²) in [7, 11) is -3.93. The summed E-state index contributed by atoms with van der Waals surface area (Å²) in [6.45, 7) is -0.0508. The number of sulfonamides is 1. The molecule has 34 heavy (non-hydrogen) atoms. The molecule has 0 aliphatic carbocycles. The molecule has 2 heterocycles.